The number of piperidine rings is 1. The molecule has 1 saturated heterocycles. The van der Waals surface area contributed by atoms with Crippen LogP contribution in [0.3, 0.4) is 0 Å². The van der Waals surface area contributed by atoms with Gasteiger partial charge in [-0.25, -0.2) is 8.42 Å². The third kappa shape index (κ3) is 2.72. The summed E-state index contributed by atoms with van der Waals surface area (Å²) >= 11 is 0. The molecular formula is C9H18N2O4S. The van der Waals surface area contributed by atoms with Crippen molar-refractivity contribution in [2.45, 2.75) is 31.1 Å². The van der Waals surface area contributed by atoms with E-state index in [1.54, 1.807) is 0 Å². The first-order valence-corrected chi connectivity index (χ1v) is 6.78. The number of likely N-dealkylation sites (N-methyl/N-ethyl adjacent to an activating group) is 1. The maximum absolute atomic E-state index is 11.9. The van der Waals surface area contributed by atoms with E-state index in [0.717, 1.165) is 19.4 Å². The molecule has 2 atom stereocenters. The van der Waals surface area contributed by atoms with Crippen molar-refractivity contribution in [2.24, 2.45) is 0 Å². The predicted molar refractivity (Wildman–Crippen MR) is 59.7 cm³/mol. The first kappa shape index (κ1) is 13.4. The smallest absolute Gasteiger partial charge is 0.323 e. The SMILES string of the molecule is CC(C(=O)O)S(=O)(=O)N(C)C1CCCNC1. The van der Waals surface area contributed by atoms with Crippen LogP contribution in [0.2, 0.25) is 0 Å². The van der Waals surface area contributed by atoms with Crippen molar-refractivity contribution in [3.63, 3.8) is 0 Å². The number of nitrogens with zero attached hydrogens (tertiary/aromatic N) is 1. The molecule has 0 bridgehead atoms. The minimum Gasteiger partial charge on any atom is -0.480 e. The zero-order valence-electron chi connectivity index (χ0n) is 9.51. The largest absolute Gasteiger partial charge is 0.480 e. The standard InChI is InChI=1S/C9H18N2O4S/c1-7(9(12)13)16(14,15)11(2)8-4-3-5-10-6-8/h7-8,10H,3-6H2,1-2H3,(H,12,13). The lowest BCUT2D eigenvalue weighted by Gasteiger charge is -2.31. The Hall–Kier alpha value is -0.660. The number of nitrogens with one attached hydrogen (secondary N) is 1. The molecule has 0 aromatic heterocycles. The van der Waals surface area contributed by atoms with E-state index in [1.807, 2.05) is 0 Å². The van der Waals surface area contributed by atoms with Gasteiger partial charge in [0, 0.05) is 19.6 Å². The average molecular weight is 250 g/mol. The van der Waals surface area contributed by atoms with Gasteiger partial charge in [0.1, 0.15) is 0 Å². The topological polar surface area (TPSA) is 86.7 Å². The minimum absolute atomic E-state index is 0.138. The number of sulfonamides is 1. The fourth-order valence-electron chi connectivity index (χ4n) is 1.73. The van der Waals surface area contributed by atoms with Crippen molar-refractivity contribution < 1.29 is 18.3 Å². The van der Waals surface area contributed by atoms with E-state index in [0.29, 0.717) is 6.54 Å². The van der Waals surface area contributed by atoms with E-state index in [4.69, 9.17) is 5.11 Å². The van der Waals surface area contributed by atoms with E-state index < -0.39 is 21.2 Å². The molecule has 94 valence electrons. The Morgan fingerprint density at radius 1 is 1.56 bits per heavy atom. The quantitative estimate of drug-likeness (QED) is 0.700. The maximum Gasteiger partial charge on any atom is 0.323 e. The Labute approximate surface area is 95.7 Å². The summed E-state index contributed by atoms with van der Waals surface area (Å²) < 4.78 is 25.0. The van der Waals surface area contributed by atoms with E-state index >= 15 is 0 Å². The van der Waals surface area contributed by atoms with Crippen LogP contribution in [-0.4, -0.2) is 55.2 Å². The molecule has 0 radical (unpaired) electrons. The number of rotatable bonds is 4. The zero-order valence-corrected chi connectivity index (χ0v) is 10.3. The van der Waals surface area contributed by atoms with E-state index in [2.05, 4.69) is 5.32 Å². The average Bonchev–Trinajstić information content (AvgIpc) is 2.28. The monoisotopic (exact) mass is 250 g/mol. The highest BCUT2D eigenvalue weighted by Crippen LogP contribution is 2.16. The van der Waals surface area contributed by atoms with Gasteiger partial charge in [-0.05, 0) is 26.3 Å². The van der Waals surface area contributed by atoms with Crippen LogP contribution in [0.5, 0.6) is 0 Å². The molecule has 16 heavy (non-hydrogen) atoms. The van der Waals surface area contributed by atoms with Crippen molar-refractivity contribution in [1.82, 2.24) is 9.62 Å². The molecule has 0 saturated carbocycles. The number of hydrogen-bond acceptors (Lipinski definition) is 4. The molecule has 1 rings (SSSR count). The highest BCUT2D eigenvalue weighted by molar-refractivity contribution is 7.90. The maximum atomic E-state index is 11.9. The Bertz CT molecular complexity index is 349. The molecular weight excluding hydrogens is 232 g/mol. The van der Waals surface area contributed by atoms with E-state index in [1.165, 1.54) is 18.3 Å². The summed E-state index contributed by atoms with van der Waals surface area (Å²) in [6.07, 6.45) is 1.68. The van der Waals surface area contributed by atoms with Gasteiger partial charge in [-0.2, -0.15) is 4.31 Å². The number of carbonyl (C=O) groups is 1. The van der Waals surface area contributed by atoms with Gasteiger partial charge in [0.2, 0.25) is 10.0 Å². The van der Waals surface area contributed by atoms with Crippen molar-refractivity contribution in [3.8, 4) is 0 Å². The minimum atomic E-state index is -3.74. The van der Waals surface area contributed by atoms with Crippen LogP contribution >= 0.6 is 0 Å². The number of carboxylic acid groups (broad SMARTS) is 1. The molecule has 7 heteroatoms. The Morgan fingerprint density at radius 3 is 2.62 bits per heavy atom. The van der Waals surface area contributed by atoms with Crippen LogP contribution < -0.4 is 5.32 Å². The van der Waals surface area contributed by atoms with Gasteiger partial charge in [0.25, 0.3) is 0 Å². The number of hydrogen-bond donors (Lipinski definition) is 2. The van der Waals surface area contributed by atoms with E-state index in [-0.39, 0.29) is 6.04 Å². The lowest BCUT2D eigenvalue weighted by Crippen LogP contribution is -2.50. The number of carboxylic acids is 1. The summed E-state index contributed by atoms with van der Waals surface area (Å²) in [6, 6.07) is -0.138. The Kier molecular flexibility index (Phi) is 4.28. The van der Waals surface area contributed by atoms with Crippen LogP contribution in [0.4, 0.5) is 0 Å². The van der Waals surface area contributed by atoms with Crippen LogP contribution in [0, 0.1) is 0 Å². The second-order valence-corrected chi connectivity index (χ2v) is 6.35. The Morgan fingerprint density at radius 2 is 2.19 bits per heavy atom. The first-order chi connectivity index (χ1) is 7.37. The summed E-state index contributed by atoms with van der Waals surface area (Å²) in [6.45, 7) is 2.67. The summed E-state index contributed by atoms with van der Waals surface area (Å²) in [5, 5.41) is 10.5. The molecule has 6 nitrogen and oxygen atoms in total. The van der Waals surface area contributed by atoms with Gasteiger partial charge in [0.15, 0.2) is 5.25 Å². The molecule has 1 aliphatic heterocycles. The normalized spacial score (nSPS) is 24.3. The van der Waals surface area contributed by atoms with Gasteiger partial charge in [-0.1, -0.05) is 0 Å². The van der Waals surface area contributed by atoms with Gasteiger partial charge in [0.05, 0.1) is 0 Å². The third-order valence-electron chi connectivity index (χ3n) is 2.98. The van der Waals surface area contributed by atoms with E-state index in [9.17, 15) is 13.2 Å². The van der Waals surface area contributed by atoms with Crippen molar-refractivity contribution in [3.05, 3.63) is 0 Å². The Balaban J connectivity index is 2.78. The molecule has 1 heterocycles. The van der Waals surface area contributed by atoms with Gasteiger partial charge in [-0.15, -0.1) is 0 Å². The third-order valence-corrected chi connectivity index (χ3v) is 5.18. The van der Waals surface area contributed by atoms with Crippen molar-refractivity contribution in [1.29, 1.82) is 0 Å². The fraction of sp³-hybridized carbons (Fsp3) is 0.889. The zero-order chi connectivity index (χ0) is 12.3. The first-order valence-electron chi connectivity index (χ1n) is 5.27. The molecule has 0 amide bonds. The molecule has 0 aromatic rings. The van der Waals surface area contributed by atoms with Gasteiger partial charge in [-0.3, -0.25) is 4.79 Å². The van der Waals surface area contributed by atoms with Crippen LogP contribution in [0.1, 0.15) is 19.8 Å². The lowest BCUT2D eigenvalue weighted by molar-refractivity contribution is -0.136. The lowest BCUT2D eigenvalue weighted by atomic mass is 10.1. The van der Waals surface area contributed by atoms with Crippen LogP contribution in [0.15, 0.2) is 0 Å². The van der Waals surface area contributed by atoms with Gasteiger partial charge >= 0.3 is 5.97 Å². The van der Waals surface area contributed by atoms with Gasteiger partial charge < -0.3 is 10.4 Å². The molecule has 0 aliphatic carbocycles. The second-order valence-electron chi connectivity index (χ2n) is 4.04. The summed E-state index contributed by atoms with van der Waals surface area (Å²) in [7, 11) is -2.29. The summed E-state index contributed by atoms with van der Waals surface area (Å²) in [5.74, 6) is -1.31. The highest BCUT2D eigenvalue weighted by atomic mass is 32.2. The highest BCUT2D eigenvalue weighted by Gasteiger charge is 2.35. The van der Waals surface area contributed by atoms with Crippen molar-refractivity contribution >= 4 is 16.0 Å². The molecule has 1 aliphatic rings. The summed E-state index contributed by atoms with van der Waals surface area (Å²) in [4.78, 5) is 10.7. The molecule has 2 N–H and O–H groups in total. The van der Waals surface area contributed by atoms with Crippen molar-refractivity contribution in [2.75, 3.05) is 20.1 Å². The predicted octanol–water partition coefficient (Wildman–Crippen LogP) is -0.527. The summed E-state index contributed by atoms with van der Waals surface area (Å²) in [5.41, 5.74) is 0. The second kappa shape index (κ2) is 5.11. The molecule has 1 fully saturated rings. The van der Waals surface area contributed by atoms with Crippen LogP contribution in [0.25, 0.3) is 0 Å². The number of aliphatic carboxylic acids is 1. The fourth-order valence-corrected chi connectivity index (χ4v) is 3.08. The van der Waals surface area contributed by atoms with Crippen LogP contribution in [-0.2, 0) is 14.8 Å². The molecule has 2 unspecified atom stereocenters. The molecule has 0 aromatic carbocycles. The molecule has 0 spiro atoms.